The highest BCUT2D eigenvalue weighted by Gasteiger charge is 2.28. The van der Waals surface area contributed by atoms with Crippen molar-refractivity contribution in [2.45, 2.75) is 251 Å². The summed E-state index contributed by atoms with van der Waals surface area (Å²) >= 11 is 0. The standard InChI is InChI=1S/C62H105O11P/c1-4-7-10-13-16-19-22-25-27-28-29-30-32-34-36-39-42-45-48-51-60(64)69-55-59(73-62(66)53-50-47-44-41-38-35-31-26-23-20-17-14-11-8-5-2)57-71-74(67,68)70-56-58(54-63)72-61(65)52-49-46-43-40-37-33-24-21-18-15-12-9-6-3/h8-9,11-12,16-21,25-27,31,33,37,58-59,63H,4-7,10,13-15,22-24,28-30,32,34-36,38-57H2,1-3H3,(H,67,68)/b11-8-,12-9-,19-16-,20-17-,21-18-,27-25-,31-26-,37-33-. The highest BCUT2D eigenvalue weighted by atomic mass is 31.2. The second kappa shape index (κ2) is 55.6. The van der Waals surface area contributed by atoms with E-state index in [0.29, 0.717) is 19.3 Å². The Hall–Kier alpha value is -3.60. The summed E-state index contributed by atoms with van der Waals surface area (Å²) in [5.74, 6) is -1.52. The summed E-state index contributed by atoms with van der Waals surface area (Å²) in [4.78, 5) is 48.5. The van der Waals surface area contributed by atoms with Crippen LogP contribution in [0.4, 0.5) is 0 Å². The number of hydrogen-bond donors (Lipinski definition) is 2. The van der Waals surface area contributed by atoms with Crippen LogP contribution in [0.2, 0.25) is 0 Å². The molecule has 0 radical (unpaired) electrons. The molecule has 0 bridgehead atoms. The molecule has 0 saturated heterocycles. The van der Waals surface area contributed by atoms with Crippen LogP contribution < -0.4 is 0 Å². The predicted molar refractivity (Wildman–Crippen MR) is 307 cm³/mol. The van der Waals surface area contributed by atoms with E-state index in [2.05, 4.69) is 118 Å². The lowest BCUT2D eigenvalue weighted by Crippen LogP contribution is -2.30. The van der Waals surface area contributed by atoms with Crippen LogP contribution in [0.15, 0.2) is 97.2 Å². The van der Waals surface area contributed by atoms with Gasteiger partial charge in [0, 0.05) is 19.3 Å². The smallest absolute Gasteiger partial charge is 0.462 e. The Labute approximate surface area is 451 Å². The molecule has 0 heterocycles. The number of rotatable bonds is 53. The van der Waals surface area contributed by atoms with E-state index in [1.807, 2.05) is 0 Å². The highest BCUT2D eigenvalue weighted by Crippen LogP contribution is 2.43. The minimum absolute atomic E-state index is 0.137. The highest BCUT2D eigenvalue weighted by molar-refractivity contribution is 7.47. The first-order chi connectivity index (χ1) is 36.2. The van der Waals surface area contributed by atoms with Crippen molar-refractivity contribution in [2.24, 2.45) is 0 Å². The molecule has 0 fully saturated rings. The zero-order chi connectivity index (χ0) is 54.1. The first-order valence-corrected chi connectivity index (χ1v) is 30.6. The van der Waals surface area contributed by atoms with E-state index in [1.165, 1.54) is 57.8 Å². The Balaban J connectivity index is 4.76. The summed E-state index contributed by atoms with van der Waals surface area (Å²) in [6.07, 6.45) is 65.1. The first kappa shape index (κ1) is 70.4. The molecule has 2 N–H and O–H groups in total. The van der Waals surface area contributed by atoms with Crippen molar-refractivity contribution in [1.82, 2.24) is 0 Å². The quantitative estimate of drug-likeness (QED) is 0.0197. The molecule has 0 aliphatic heterocycles. The average molecular weight is 1060 g/mol. The number of esters is 3. The van der Waals surface area contributed by atoms with E-state index in [1.54, 1.807) is 0 Å². The van der Waals surface area contributed by atoms with E-state index in [-0.39, 0.29) is 25.9 Å². The molecule has 424 valence electrons. The molecule has 74 heavy (non-hydrogen) atoms. The van der Waals surface area contributed by atoms with Crippen LogP contribution in [-0.4, -0.2) is 66.5 Å². The fraction of sp³-hybridized carbons (Fsp3) is 0.694. The number of aliphatic hydroxyl groups is 1. The summed E-state index contributed by atoms with van der Waals surface area (Å²) in [5, 5.41) is 9.80. The third-order valence-electron chi connectivity index (χ3n) is 12.0. The van der Waals surface area contributed by atoms with Crippen molar-refractivity contribution in [3.8, 4) is 0 Å². The van der Waals surface area contributed by atoms with Gasteiger partial charge in [-0.05, 0) is 116 Å². The number of ether oxygens (including phenoxy) is 3. The molecule has 0 rings (SSSR count). The zero-order valence-corrected chi connectivity index (χ0v) is 47.7. The number of phosphoric acid groups is 1. The van der Waals surface area contributed by atoms with Gasteiger partial charge < -0.3 is 24.2 Å². The van der Waals surface area contributed by atoms with Gasteiger partial charge in [0.1, 0.15) is 12.7 Å². The molecule has 11 nitrogen and oxygen atoms in total. The van der Waals surface area contributed by atoms with Crippen molar-refractivity contribution in [2.75, 3.05) is 26.4 Å². The molecule has 0 spiro atoms. The summed E-state index contributed by atoms with van der Waals surface area (Å²) in [7, 11) is -4.77. The van der Waals surface area contributed by atoms with E-state index in [4.69, 9.17) is 23.3 Å². The molecule has 0 aliphatic carbocycles. The van der Waals surface area contributed by atoms with Crippen molar-refractivity contribution in [3.63, 3.8) is 0 Å². The number of allylic oxidation sites excluding steroid dienone is 16. The maximum absolute atomic E-state index is 12.9. The number of unbranched alkanes of at least 4 members (excludes halogenated alkanes) is 20. The predicted octanol–water partition coefficient (Wildman–Crippen LogP) is 17.3. The van der Waals surface area contributed by atoms with Gasteiger partial charge in [-0.2, -0.15) is 0 Å². The summed E-state index contributed by atoms with van der Waals surface area (Å²) in [6.45, 7) is 4.33. The number of carbonyl (C=O) groups excluding carboxylic acids is 3. The molecule has 0 amide bonds. The number of hydrogen-bond acceptors (Lipinski definition) is 10. The normalized spacial score (nSPS) is 14.1. The molecule has 12 heteroatoms. The topological polar surface area (TPSA) is 155 Å². The monoisotopic (exact) mass is 1060 g/mol. The Morgan fingerprint density at radius 2 is 0.703 bits per heavy atom. The van der Waals surface area contributed by atoms with E-state index >= 15 is 0 Å². The maximum atomic E-state index is 12.9. The van der Waals surface area contributed by atoms with Crippen LogP contribution in [0.5, 0.6) is 0 Å². The van der Waals surface area contributed by atoms with Gasteiger partial charge in [-0.1, -0.05) is 201 Å². The third-order valence-corrected chi connectivity index (χ3v) is 12.9. The molecular formula is C62H105O11P. The van der Waals surface area contributed by atoms with E-state index in [9.17, 15) is 28.9 Å². The second-order valence-electron chi connectivity index (χ2n) is 19.0. The van der Waals surface area contributed by atoms with Gasteiger partial charge in [0.05, 0.1) is 19.8 Å². The molecule has 3 atom stereocenters. The summed E-state index contributed by atoms with van der Waals surface area (Å²) in [5.41, 5.74) is 0. The lowest BCUT2D eigenvalue weighted by molar-refractivity contribution is -0.161. The van der Waals surface area contributed by atoms with E-state index < -0.39 is 57.8 Å². The number of aliphatic hydroxyl groups excluding tert-OH is 1. The Morgan fingerprint density at radius 3 is 1.09 bits per heavy atom. The van der Waals surface area contributed by atoms with Crippen molar-refractivity contribution in [3.05, 3.63) is 97.2 Å². The number of phosphoric ester groups is 1. The first-order valence-electron chi connectivity index (χ1n) is 29.1. The van der Waals surface area contributed by atoms with Gasteiger partial charge in [-0.25, -0.2) is 4.57 Å². The minimum Gasteiger partial charge on any atom is -0.462 e. The van der Waals surface area contributed by atoms with Crippen molar-refractivity contribution >= 4 is 25.7 Å². The van der Waals surface area contributed by atoms with Crippen LogP contribution in [-0.2, 0) is 42.2 Å². The number of carbonyl (C=O) groups is 3. The van der Waals surface area contributed by atoms with E-state index in [0.717, 1.165) is 122 Å². The Bertz CT molecular complexity index is 1610. The molecule has 0 aromatic rings. The fourth-order valence-corrected chi connectivity index (χ4v) is 8.37. The van der Waals surface area contributed by atoms with Crippen LogP contribution in [0.1, 0.15) is 239 Å². The summed E-state index contributed by atoms with van der Waals surface area (Å²) in [6, 6.07) is 0. The van der Waals surface area contributed by atoms with Gasteiger partial charge in [-0.15, -0.1) is 0 Å². The van der Waals surface area contributed by atoms with Crippen LogP contribution in [0.3, 0.4) is 0 Å². The SMILES string of the molecule is CC/C=C\C/C=C\C/C=C\CCCCCCCC(=O)OC(COC(=O)CCCCCCCCCCC/C=C\C/C=C\CCCCC)COP(=O)(O)OCC(CO)OC(=O)CCCCC/C=C\C/C=C\C/C=C\CC. The van der Waals surface area contributed by atoms with Gasteiger partial charge in [0.15, 0.2) is 6.10 Å². The van der Waals surface area contributed by atoms with Gasteiger partial charge >= 0.3 is 25.7 Å². The van der Waals surface area contributed by atoms with Crippen molar-refractivity contribution < 1.29 is 52.2 Å². The fourth-order valence-electron chi connectivity index (χ4n) is 7.59. The molecule has 0 aromatic heterocycles. The summed E-state index contributed by atoms with van der Waals surface area (Å²) < 4.78 is 39.5. The van der Waals surface area contributed by atoms with Gasteiger partial charge in [0.2, 0.25) is 0 Å². The lowest BCUT2D eigenvalue weighted by atomic mass is 10.1. The average Bonchev–Trinajstić information content (AvgIpc) is 3.39. The van der Waals surface area contributed by atoms with Crippen molar-refractivity contribution in [1.29, 1.82) is 0 Å². The third kappa shape index (κ3) is 53.2. The largest absolute Gasteiger partial charge is 0.472 e. The minimum atomic E-state index is -4.77. The molecule has 0 aromatic carbocycles. The molecule has 0 saturated carbocycles. The second-order valence-corrected chi connectivity index (χ2v) is 20.5. The van der Waals surface area contributed by atoms with Crippen LogP contribution in [0.25, 0.3) is 0 Å². The Morgan fingerprint density at radius 1 is 0.392 bits per heavy atom. The van der Waals surface area contributed by atoms with Crippen LogP contribution >= 0.6 is 7.82 Å². The maximum Gasteiger partial charge on any atom is 0.472 e. The molecule has 3 unspecified atom stereocenters. The molecular weight excluding hydrogens is 952 g/mol. The van der Waals surface area contributed by atoms with Gasteiger partial charge in [-0.3, -0.25) is 23.4 Å². The zero-order valence-electron chi connectivity index (χ0n) is 46.8. The molecule has 0 aliphatic rings. The Kier molecular flexibility index (Phi) is 52.9. The lowest BCUT2D eigenvalue weighted by Gasteiger charge is -2.21. The van der Waals surface area contributed by atoms with Gasteiger partial charge in [0.25, 0.3) is 0 Å². The van der Waals surface area contributed by atoms with Crippen LogP contribution in [0, 0.1) is 0 Å².